The molecule has 1 nitrogen and oxygen atoms in total. The highest BCUT2D eigenvalue weighted by molar-refractivity contribution is 5.88. The highest BCUT2D eigenvalue weighted by Crippen LogP contribution is 2.28. The van der Waals surface area contributed by atoms with Gasteiger partial charge in [0.1, 0.15) is 5.75 Å². The third kappa shape index (κ3) is 3.88. The van der Waals surface area contributed by atoms with Crippen LogP contribution in [-0.2, 0) is 19.3 Å². The summed E-state index contributed by atoms with van der Waals surface area (Å²) in [6, 6.07) is 29.6. The topological polar surface area (TPSA) is 20.2 Å². The zero-order chi connectivity index (χ0) is 18.6. The molecule has 0 spiro atoms. The smallest absolute Gasteiger partial charge is 0.123 e. The molecule has 0 fully saturated rings. The van der Waals surface area contributed by atoms with E-state index in [0.717, 1.165) is 30.0 Å². The number of phenolic OH excluding ortho intramolecular Hbond substituents is 1. The number of aromatic hydroxyl groups is 1. The Bertz CT molecular complexity index is 1060. The lowest BCUT2D eigenvalue weighted by Gasteiger charge is -2.11. The number of rotatable bonds is 5. The Hall–Kier alpha value is -3.06. The fraction of sp³-hybridized carbons (Fsp3) is 0.154. The highest BCUT2D eigenvalue weighted by atomic mass is 16.3. The zero-order valence-corrected chi connectivity index (χ0v) is 15.7. The van der Waals surface area contributed by atoms with Crippen molar-refractivity contribution in [2.75, 3.05) is 0 Å². The van der Waals surface area contributed by atoms with Gasteiger partial charge in [-0.25, -0.2) is 0 Å². The van der Waals surface area contributed by atoms with Crippen molar-refractivity contribution in [1.29, 1.82) is 0 Å². The molecule has 4 aromatic carbocycles. The van der Waals surface area contributed by atoms with Gasteiger partial charge < -0.3 is 5.11 Å². The number of phenols is 1. The van der Waals surface area contributed by atoms with Gasteiger partial charge in [0.2, 0.25) is 0 Å². The lowest BCUT2D eigenvalue weighted by molar-refractivity contribution is 0.481. The van der Waals surface area contributed by atoms with E-state index in [2.05, 4.69) is 67.6 Å². The van der Waals surface area contributed by atoms with Gasteiger partial charge in [-0.3, -0.25) is 0 Å². The molecule has 0 bridgehead atoms. The van der Waals surface area contributed by atoms with Crippen molar-refractivity contribution >= 4 is 10.8 Å². The first kappa shape index (κ1) is 17.4. The Labute approximate surface area is 160 Å². The maximum absolute atomic E-state index is 10.3. The molecule has 0 unspecified atom stereocenters. The summed E-state index contributed by atoms with van der Waals surface area (Å²) < 4.78 is 0. The van der Waals surface area contributed by atoms with Crippen LogP contribution in [0.2, 0.25) is 0 Å². The standard InChI is InChI=1S/C26H24O/c1-2-19-14-20(17-24(15-19)22-8-4-3-5-9-22)12-13-21-16-23-10-6-7-11-25(23)26(27)18-21/h3-11,14-18,27H,2,12-13H2,1H3. The second kappa shape index (κ2) is 7.67. The van der Waals surface area contributed by atoms with Gasteiger partial charge in [-0.1, -0.05) is 85.8 Å². The molecule has 1 N–H and O–H groups in total. The quantitative estimate of drug-likeness (QED) is 0.431. The molecule has 0 aliphatic rings. The predicted octanol–water partition coefficient (Wildman–Crippen LogP) is 6.56. The van der Waals surface area contributed by atoms with Crippen LogP contribution in [0.25, 0.3) is 21.9 Å². The number of hydrogen-bond donors (Lipinski definition) is 1. The summed E-state index contributed by atoms with van der Waals surface area (Å²) in [7, 11) is 0. The fourth-order valence-corrected chi connectivity index (χ4v) is 3.69. The lowest BCUT2D eigenvalue weighted by atomic mass is 9.95. The molecule has 27 heavy (non-hydrogen) atoms. The summed E-state index contributed by atoms with van der Waals surface area (Å²) in [6.45, 7) is 2.20. The monoisotopic (exact) mass is 352 g/mol. The SMILES string of the molecule is CCc1cc(CCc2cc(O)c3ccccc3c2)cc(-c2ccccc2)c1. The minimum absolute atomic E-state index is 0.371. The first-order valence-corrected chi connectivity index (χ1v) is 9.62. The van der Waals surface area contributed by atoms with Crippen LogP contribution in [0.4, 0.5) is 0 Å². The highest BCUT2D eigenvalue weighted by Gasteiger charge is 2.06. The summed E-state index contributed by atoms with van der Waals surface area (Å²) in [5, 5.41) is 12.3. The van der Waals surface area contributed by atoms with Gasteiger partial charge in [0, 0.05) is 5.39 Å². The van der Waals surface area contributed by atoms with Crippen LogP contribution in [0.1, 0.15) is 23.6 Å². The summed E-state index contributed by atoms with van der Waals surface area (Å²) >= 11 is 0. The van der Waals surface area contributed by atoms with E-state index in [1.54, 1.807) is 0 Å². The van der Waals surface area contributed by atoms with Crippen molar-refractivity contribution in [3.05, 3.63) is 102 Å². The van der Waals surface area contributed by atoms with E-state index >= 15 is 0 Å². The maximum atomic E-state index is 10.3. The predicted molar refractivity (Wildman–Crippen MR) is 114 cm³/mol. The van der Waals surface area contributed by atoms with Gasteiger partial charge >= 0.3 is 0 Å². The third-order valence-corrected chi connectivity index (χ3v) is 5.17. The van der Waals surface area contributed by atoms with E-state index < -0.39 is 0 Å². The summed E-state index contributed by atoms with van der Waals surface area (Å²) in [5.74, 6) is 0.371. The Morgan fingerprint density at radius 1 is 0.630 bits per heavy atom. The molecule has 4 aromatic rings. The van der Waals surface area contributed by atoms with E-state index in [9.17, 15) is 5.11 Å². The van der Waals surface area contributed by atoms with Crippen molar-refractivity contribution in [1.82, 2.24) is 0 Å². The maximum Gasteiger partial charge on any atom is 0.123 e. The summed E-state index contributed by atoms with van der Waals surface area (Å²) in [5.41, 5.74) is 6.44. The lowest BCUT2D eigenvalue weighted by Crippen LogP contribution is -1.95. The molecule has 0 heterocycles. The molecule has 0 saturated heterocycles. The number of aryl methyl sites for hydroxylation is 3. The molecule has 0 radical (unpaired) electrons. The molecule has 0 amide bonds. The van der Waals surface area contributed by atoms with Crippen molar-refractivity contribution in [2.45, 2.75) is 26.2 Å². The molecular formula is C26H24O. The minimum Gasteiger partial charge on any atom is -0.507 e. The van der Waals surface area contributed by atoms with Crippen molar-refractivity contribution in [3.8, 4) is 16.9 Å². The van der Waals surface area contributed by atoms with Crippen LogP contribution in [0.5, 0.6) is 5.75 Å². The molecule has 0 atom stereocenters. The molecule has 0 saturated carbocycles. The van der Waals surface area contributed by atoms with Crippen molar-refractivity contribution < 1.29 is 5.11 Å². The van der Waals surface area contributed by atoms with Crippen molar-refractivity contribution in [3.63, 3.8) is 0 Å². The number of benzene rings is 4. The largest absolute Gasteiger partial charge is 0.507 e. The minimum atomic E-state index is 0.371. The van der Waals surface area contributed by atoms with Gasteiger partial charge in [0.05, 0.1) is 0 Å². The molecule has 134 valence electrons. The van der Waals surface area contributed by atoms with Gasteiger partial charge in [-0.05, 0) is 58.5 Å². The second-order valence-electron chi connectivity index (χ2n) is 7.09. The van der Waals surface area contributed by atoms with E-state index in [1.807, 2.05) is 24.3 Å². The Morgan fingerprint density at radius 2 is 1.30 bits per heavy atom. The zero-order valence-electron chi connectivity index (χ0n) is 15.7. The molecule has 1 heteroatoms. The van der Waals surface area contributed by atoms with E-state index in [4.69, 9.17) is 0 Å². The van der Waals surface area contributed by atoms with E-state index in [0.29, 0.717) is 5.75 Å². The Kier molecular flexibility index (Phi) is 4.93. The van der Waals surface area contributed by atoms with Gasteiger partial charge in [-0.15, -0.1) is 0 Å². The van der Waals surface area contributed by atoms with Gasteiger partial charge in [0.25, 0.3) is 0 Å². The first-order chi connectivity index (χ1) is 13.2. The van der Waals surface area contributed by atoms with Crippen LogP contribution in [-0.4, -0.2) is 5.11 Å². The summed E-state index contributed by atoms with van der Waals surface area (Å²) in [4.78, 5) is 0. The Balaban J connectivity index is 1.61. The third-order valence-electron chi connectivity index (χ3n) is 5.17. The summed E-state index contributed by atoms with van der Waals surface area (Å²) in [6.07, 6.45) is 2.91. The van der Waals surface area contributed by atoms with Crippen LogP contribution in [0.3, 0.4) is 0 Å². The molecule has 4 rings (SSSR count). The van der Waals surface area contributed by atoms with Crippen LogP contribution in [0.15, 0.2) is 84.9 Å². The first-order valence-electron chi connectivity index (χ1n) is 9.62. The van der Waals surface area contributed by atoms with Crippen LogP contribution >= 0.6 is 0 Å². The molecular weight excluding hydrogens is 328 g/mol. The van der Waals surface area contributed by atoms with Crippen LogP contribution < -0.4 is 0 Å². The molecule has 0 aliphatic heterocycles. The molecule has 0 aromatic heterocycles. The van der Waals surface area contributed by atoms with E-state index in [1.165, 1.54) is 27.8 Å². The fourth-order valence-electron chi connectivity index (χ4n) is 3.69. The number of hydrogen-bond acceptors (Lipinski definition) is 1. The normalized spacial score (nSPS) is 11.0. The average molecular weight is 352 g/mol. The Morgan fingerprint density at radius 3 is 2.07 bits per heavy atom. The van der Waals surface area contributed by atoms with E-state index in [-0.39, 0.29) is 0 Å². The van der Waals surface area contributed by atoms with Crippen LogP contribution in [0, 0.1) is 0 Å². The molecule has 0 aliphatic carbocycles. The van der Waals surface area contributed by atoms with Crippen molar-refractivity contribution in [2.24, 2.45) is 0 Å². The second-order valence-corrected chi connectivity index (χ2v) is 7.09. The number of fused-ring (bicyclic) bond motifs is 1. The van der Waals surface area contributed by atoms with Gasteiger partial charge in [0.15, 0.2) is 0 Å². The average Bonchev–Trinajstić information content (AvgIpc) is 2.73. The van der Waals surface area contributed by atoms with Gasteiger partial charge in [-0.2, -0.15) is 0 Å².